The SMILES string of the molecule is O=C(O)c1nc(COc2cccc(Cl)c2)n2c1CCCC2. The number of benzene rings is 1. The molecule has 0 unspecified atom stereocenters. The molecule has 1 aliphatic heterocycles. The van der Waals surface area contributed by atoms with Crippen molar-refractivity contribution in [1.29, 1.82) is 0 Å². The maximum atomic E-state index is 11.3. The van der Waals surface area contributed by atoms with Crippen molar-refractivity contribution in [2.45, 2.75) is 32.4 Å². The molecule has 0 atom stereocenters. The highest BCUT2D eigenvalue weighted by atomic mass is 35.5. The maximum Gasteiger partial charge on any atom is 0.356 e. The summed E-state index contributed by atoms with van der Waals surface area (Å²) in [5, 5.41) is 9.84. The summed E-state index contributed by atoms with van der Waals surface area (Å²) in [6.07, 6.45) is 2.79. The Morgan fingerprint density at radius 2 is 2.29 bits per heavy atom. The van der Waals surface area contributed by atoms with Gasteiger partial charge < -0.3 is 14.4 Å². The van der Waals surface area contributed by atoms with Gasteiger partial charge in [-0.2, -0.15) is 0 Å². The quantitative estimate of drug-likeness (QED) is 0.942. The number of aromatic nitrogens is 2. The van der Waals surface area contributed by atoms with Gasteiger partial charge in [-0.15, -0.1) is 0 Å². The molecule has 1 N–H and O–H groups in total. The Morgan fingerprint density at radius 3 is 3.05 bits per heavy atom. The Bertz CT molecular complexity index is 682. The second-order valence-corrected chi connectivity index (χ2v) is 5.42. The van der Waals surface area contributed by atoms with Crippen LogP contribution in [0.3, 0.4) is 0 Å². The first kappa shape index (κ1) is 13.9. The number of carbonyl (C=O) groups is 1. The van der Waals surface area contributed by atoms with E-state index in [1.54, 1.807) is 18.2 Å². The van der Waals surface area contributed by atoms with Crippen molar-refractivity contribution < 1.29 is 14.6 Å². The summed E-state index contributed by atoms with van der Waals surface area (Å²) in [6, 6.07) is 7.11. The normalized spacial score (nSPS) is 13.8. The summed E-state index contributed by atoms with van der Waals surface area (Å²) in [5.74, 6) is 0.323. The average molecular weight is 307 g/mol. The molecule has 0 saturated heterocycles. The minimum absolute atomic E-state index is 0.152. The minimum Gasteiger partial charge on any atom is -0.486 e. The lowest BCUT2D eigenvalue weighted by atomic mass is 10.1. The summed E-state index contributed by atoms with van der Waals surface area (Å²) in [6.45, 7) is 1.03. The van der Waals surface area contributed by atoms with Crippen LogP contribution in [0.2, 0.25) is 5.02 Å². The molecule has 0 fully saturated rings. The largest absolute Gasteiger partial charge is 0.486 e. The van der Waals surface area contributed by atoms with Gasteiger partial charge in [-0.05, 0) is 37.5 Å². The van der Waals surface area contributed by atoms with Crippen LogP contribution >= 0.6 is 11.6 Å². The van der Waals surface area contributed by atoms with Gasteiger partial charge in [-0.25, -0.2) is 9.78 Å². The number of fused-ring (bicyclic) bond motifs is 1. The third-order valence-corrected chi connectivity index (χ3v) is 3.80. The molecule has 1 aromatic heterocycles. The van der Waals surface area contributed by atoms with Gasteiger partial charge >= 0.3 is 5.97 Å². The molecule has 2 aromatic rings. The molecule has 5 nitrogen and oxygen atoms in total. The van der Waals surface area contributed by atoms with E-state index in [4.69, 9.17) is 16.3 Å². The first-order valence-corrected chi connectivity index (χ1v) is 7.23. The number of hydrogen-bond acceptors (Lipinski definition) is 3. The molecule has 0 saturated carbocycles. The van der Waals surface area contributed by atoms with Crippen LogP contribution in [0.25, 0.3) is 0 Å². The number of carboxylic acid groups (broad SMARTS) is 1. The molecule has 21 heavy (non-hydrogen) atoms. The Hall–Kier alpha value is -2.01. The van der Waals surface area contributed by atoms with Gasteiger partial charge in [0.05, 0.1) is 5.69 Å². The van der Waals surface area contributed by atoms with E-state index in [2.05, 4.69) is 4.98 Å². The van der Waals surface area contributed by atoms with Gasteiger partial charge in [0.2, 0.25) is 0 Å². The number of aromatic carboxylic acids is 1. The van der Waals surface area contributed by atoms with Crippen LogP contribution in [0, 0.1) is 0 Å². The van der Waals surface area contributed by atoms with Gasteiger partial charge in [0.1, 0.15) is 18.2 Å². The number of rotatable bonds is 4. The van der Waals surface area contributed by atoms with Crippen molar-refractivity contribution in [3.05, 3.63) is 46.5 Å². The van der Waals surface area contributed by atoms with Crippen LogP contribution in [-0.2, 0) is 19.6 Å². The first-order valence-electron chi connectivity index (χ1n) is 6.85. The van der Waals surface area contributed by atoms with Crippen LogP contribution in [0.15, 0.2) is 24.3 Å². The lowest BCUT2D eigenvalue weighted by molar-refractivity contribution is 0.0689. The standard InChI is InChI=1S/C15H15ClN2O3/c16-10-4-3-5-11(8-10)21-9-13-17-14(15(19)20)12-6-1-2-7-18(12)13/h3-5,8H,1-2,6-7,9H2,(H,19,20). The number of halogens is 1. The fraction of sp³-hybridized carbons (Fsp3) is 0.333. The molecule has 1 aliphatic rings. The Morgan fingerprint density at radius 1 is 1.43 bits per heavy atom. The molecule has 1 aromatic carbocycles. The van der Waals surface area contributed by atoms with Crippen LogP contribution < -0.4 is 4.74 Å². The molecule has 3 rings (SSSR count). The number of carboxylic acids is 1. The molecular formula is C15H15ClN2O3. The van der Waals surface area contributed by atoms with E-state index < -0.39 is 5.97 Å². The zero-order valence-corrected chi connectivity index (χ0v) is 12.1. The van der Waals surface area contributed by atoms with E-state index in [1.165, 1.54) is 0 Å². The topological polar surface area (TPSA) is 64.3 Å². The van der Waals surface area contributed by atoms with Gasteiger partial charge in [0.15, 0.2) is 5.69 Å². The number of imidazole rings is 1. The predicted octanol–water partition coefficient (Wildman–Crippen LogP) is 3.15. The molecule has 2 heterocycles. The third kappa shape index (κ3) is 2.88. The number of nitrogens with zero attached hydrogens (tertiary/aromatic N) is 2. The predicted molar refractivity (Wildman–Crippen MR) is 77.9 cm³/mol. The molecule has 6 heteroatoms. The summed E-state index contributed by atoms with van der Waals surface area (Å²) in [4.78, 5) is 15.5. The Kier molecular flexibility index (Phi) is 3.84. The monoisotopic (exact) mass is 306 g/mol. The summed E-state index contributed by atoms with van der Waals surface area (Å²) in [7, 11) is 0. The summed E-state index contributed by atoms with van der Waals surface area (Å²) in [5.41, 5.74) is 0.956. The summed E-state index contributed by atoms with van der Waals surface area (Å²) < 4.78 is 7.64. The molecule has 0 aliphatic carbocycles. The highest BCUT2D eigenvalue weighted by molar-refractivity contribution is 6.30. The van der Waals surface area contributed by atoms with E-state index in [-0.39, 0.29) is 12.3 Å². The van der Waals surface area contributed by atoms with Gasteiger partial charge in [-0.1, -0.05) is 17.7 Å². The first-order chi connectivity index (χ1) is 10.1. The highest BCUT2D eigenvalue weighted by Gasteiger charge is 2.23. The van der Waals surface area contributed by atoms with Crippen molar-refractivity contribution in [2.75, 3.05) is 0 Å². The minimum atomic E-state index is -0.977. The van der Waals surface area contributed by atoms with E-state index >= 15 is 0 Å². The van der Waals surface area contributed by atoms with Gasteiger partial charge in [0.25, 0.3) is 0 Å². The van der Waals surface area contributed by atoms with Crippen LogP contribution in [-0.4, -0.2) is 20.6 Å². The Balaban J connectivity index is 1.84. The zero-order chi connectivity index (χ0) is 14.8. The zero-order valence-electron chi connectivity index (χ0n) is 11.4. The average Bonchev–Trinajstić information content (AvgIpc) is 2.84. The van der Waals surface area contributed by atoms with E-state index in [9.17, 15) is 9.90 Å². The fourth-order valence-corrected chi connectivity index (χ4v) is 2.78. The van der Waals surface area contributed by atoms with E-state index in [0.717, 1.165) is 31.5 Å². The number of hydrogen-bond donors (Lipinski definition) is 1. The smallest absolute Gasteiger partial charge is 0.356 e. The van der Waals surface area contributed by atoms with Crippen molar-refractivity contribution >= 4 is 17.6 Å². The molecular weight excluding hydrogens is 292 g/mol. The van der Waals surface area contributed by atoms with Crippen LogP contribution in [0.4, 0.5) is 0 Å². The molecule has 0 bridgehead atoms. The van der Waals surface area contributed by atoms with Crippen molar-refractivity contribution in [3.8, 4) is 5.75 Å². The highest BCUT2D eigenvalue weighted by Crippen LogP contribution is 2.23. The molecule has 110 valence electrons. The molecule has 0 radical (unpaired) electrons. The van der Waals surface area contributed by atoms with Gasteiger partial charge in [-0.3, -0.25) is 0 Å². The second-order valence-electron chi connectivity index (χ2n) is 4.98. The van der Waals surface area contributed by atoms with Crippen molar-refractivity contribution in [1.82, 2.24) is 9.55 Å². The summed E-state index contributed by atoms with van der Waals surface area (Å²) >= 11 is 5.91. The Labute approximate surface area is 127 Å². The lowest BCUT2D eigenvalue weighted by Gasteiger charge is -2.17. The van der Waals surface area contributed by atoms with Crippen molar-refractivity contribution in [2.24, 2.45) is 0 Å². The molecule has 0 amide bonds. The molecule has 0 spiro atoms. The second kappa shape index (κ2) is 5.77. The van der Waals surface area contributed by atoms with E-state index in [1.807, 2.05) is 10.6 Å². The lowest BCUT2D eigenvalue weighted by Crippen LogP contribution is -2.15. The van der Waals surface area contributed by atoms with Gasteiger partial charge in [0, 0.05) is 11.6 Å². The van der Waals surface area contributed by atoms with Crippen molar-refractivity contribution in [3.63, 3.8) is 0 Å². The van der Waals surface area contributed by atoms with Crippen LogP contribution in [0.5, 0.6) is 5.75 Å². The van der Waals surface area contributed by atoms with Crippen LogP contribution in [0.1, 0.15) is 34.8 Å². The number of ether oxygens (including phenoxy) is 1. The third-order valence-electron chi connectivity index (χ3n) is 3.56. The maximum absolute atomic E-state index is 11.3. The van der Waals surface area contributed by atoms with E-state index in [0.29, 0.717) is 16.6 Å². The fourth-order valence-electron chi connectivity index (χ4n) is 2.60.